The highest BCUT2D eigenvalue weighted by atomic mass is 35.5. The highest BCUT2D eigenvalue weighted by molar-refractivity contribution is 6.30. The van der Waals surface area contributed by atoms with Gasteiger partial charge in [-0.15, -0.1) is 0 Å². The molecule has 1 aromatic carbocycles. The summed E-state index contributed by atoms with van der Waals surface area (Å²) in [5.41, 5.74) is 6.73. The molecule has 0 saturated carbocycles. The first-order valence-corrected chi connectivity index (χ1v) is 8.38. The Labute approximate surface area is 144 Å². The van der Waals surface area contributed by atoms with E-state index < -0.39 is 0 Å². The van der Waals surface area contributed by atoms with Crippen LogP contribution in [0, 0.1) is 11.3 Å². The van der Waals surface area contributed by atoms with Gasteiger partial charge in [-0.05, 0) is 73.6 Å². The van der Waals surface area contributed by atoms with E-state index in [1.54, 1.807) is 0 Å². The Morgan fingerprint density at radius 3 is 2.78 bits per heavy atom. The number of hydrogen-bond donors (Lipinski definition) is 0. The highest BCUT2D eigenvalue weighted by Crippen LogP contribution is 2.33. The molecule has 1 aromatic rings. The molecule has 0 unspecified atom stereocenters. The number of nitriles is 1. The first-order valence-electron chi connectivity index (χ1n) is 8.01. The fourth-order valence-corrected chi connectivity index (χ4v) is 2.94. The van der Waals surface area contributed by atoms with E-state index in [-0.39, 0.29) is 0 Å². The van der Waals surface area contributed by atoms with Crippen LogP contribution in [-0.2, 0) is 0 Å². The number of halogens is 1. The topological polar surface area (TPSA) is 23.8 Å². The SMILES string of the molecule is CC/C=C\C(C1=CC(C#N)=C(C)CC1)=C(/C)c1cccc(Cl)c1. The zero-order valence-corrected chi connectivity index (χ0v) is 14.7. The standard InChI is InChI=1S/C21H22ClN/c1-4-5-9-21(16(3)17-7-6-8-20(22)13-17)18-11-10-15(2)19(12-18)14-23/h5-9,12-13H,4,10-11H2,1-3H3/b9-5-,21-16-. The molecule has 0 aromatic heterocycles. The van der Waals surface area contributed by atoms with Gasteiger partial charge in [-0.2, -0.15) is 5.26 Å². The lowest BCUT2D eigenvalue weighted by Gasteiger charge is -2.18. The van der Waals surface area contributed by atoms with Crippen LogP contribution in [0.15, 0.2) is 64.8 Å². The third kappa shape index (κ3) is 4.24. The third-order valence-electron chi connectivity index (χ3n) is 4.20. The first kappa shape index (κ1) is 17.3. The smallest absolute Gasteiger partial charge is 0.0991 e. The van der Waals surface area contributed by atoms with E-state index in [0.717, 1.165) is 35.4 Å². The van der Waals surface area contributed by atoms with Gasteiger partial charge in [0.25, 0.3) is 0 Å². The Bertz CT molecular complexity index is 754. The van der Waals surface area contributed by atoms with E-state index in [1.807, 2.05) is 31.2 Å². The quantitative estimate of drug-likeness (QED) is 0.570. The summed E-state index contributed by atoms with van der Waals surface area (Å²) in [5, 5.41) is 10.1. The normalized spacial score (nSPS) is 16.2. The molecule has 2 heteroatoms. The Morgan fingerprint density at radius 1 is 1.35 bits per heavy atom. The Kier molecular flexibility index (Phi) is 6.02. The molecule has 0 aliphatic heterocycles. The van der Waals surface area contributed by atoms with Crippen LogP contribution in [0.1, 0.15) is 45.6 Å². The molecule has 118 valence electrons. The molecule has 23 heavy (non-hydrogen) atoms. The fraction of sp³-hybridized carbons (Fsp3) is 0.286. The Hall–Kier alpha value is -2.04. The van der Waals surface area contributed by atoms with Gasteiger partial charge in [-0.3, -0.25) is 0 Å². The lowest BCUT2D eigenvalue weighted by molar-refractivity contribution is 0.907. The second-order valence-electron chi connectivity index (χ2n) is 5.84. The van der Waals surface area contributed by atoms with Gasteiger partial charge in [-0.25, -0.2) is 0 Å². The molecule has 0 saturated heterocycles. The van der Waals surface area contributed by atoms with Gasteiger partial charge in [-0.1, -0.05) is 48.4 Å². The molecule has 0 heterocycles. The molecule has 2 rings (SSSR count). The van der Waals surface area contributed by atoms with Crippen molar-refractivity contribution in [1.82, 2.24) is 0 Å². The molecule has 1 nitrogen and oxygen atoms in total. The molecular weight excluding hydrogens is 302 g/mol. The number of nitrogens with zero attached hydrogens (tertiary/aromatic N) is 1. The molecule has 0 fully saturated rings. The minimum atomic E-state index is 0.742. The minimum absolute atomic E-state index is 0.742. The summed E-state index contributed by atoms with van der Waals surface area (Å²) in [7, 11) is 0. The van der Waals surface area contributed by atoms with Crippen LogP contribution in [0.5, 0.6) is 0 Å². The number of benzene rings is 1. The monoisotopic (exact) mass is 323 g/mol. The molecule has 0 bridgehead atoms. The molecule has 0 spiro atoms. The van der Waals surface area contributed by atoms with Gasteiger partial charge < -0.3 is 0 Å². The van der Waals surface area contributed by atoms with Gasteiger partial charge in [0.05, 0.1) is 11.6 Å². The maximum absolute atomic E-state index is 9.33. The van der Waals surface area contributed by atoms with Crippen LogP contribution in [0.3, 0.4) is 0 Å². The maximum Gasteiger partial charge on any atom is 0.0991 e. The molecular formula is C21H22ClN. The van der Waals surface area contributed by atoms with E-state index in [1.165, 1.54) is 22.3 Å². The zero-order valence-electron chi connectivity index (χ0n) is 14.0. The Balaban J connectivity index is 2.56. The molecule has 0 radical (unpaired) electrons. The van der Waals surface area contributed by atoms with Crippen molar-refractivity contribution in [3.05, 3.63) is 75.4 Å². The molecule has 0 N–H and O–H groups in total. The Morgan fingerprint density at radius 2 is 2.13 bits per heavy atom. The van der Waals surface area contributed by atoms with Gasteiger partial charge in [0.1, 0.15) is 0 Å². The van der Waals surface area contributed by atoms with E-state index in [2.05, 4.69) is 38.1 Å². The van der Waals surface area contributed by atoms with Gasteiger partial charge >= 0.3 is 0 Å². The average Bonchev–Trinajstić information content (AvgIpc) is 2.56. The molecule has 1 aliphatic rings. The maximum atomic E-state index is 9.33. The lowest BCUT2D eigenvalue weighted by Crippen LogP contribution is -2.00. The number of allylic oxidation sites excluding steroid dienone is 8. The molecule has 0 amide bonds. The van der Waals surface area contributed by atoms with Crippen LogP contribution < -0.4 is 0 Å². The van der Waals surface area contributed by atoms with Crippen molar-refractivity contribution in [2.45, 2.75) is 40.0 Å². The van der Waals surface area contributed by atoms with Crippen molar-refractivity contribution in [2.75, 3.05) is 0 Å². The zero-order chi connectivity index (χ0) is 16.8. The van der Waals surface area contributed by atoms with Crippen molar-refractivity contribution in [3.63, 3.8) is 0 Å². The van der Waals surface area contributed by atoms with E-state index in [4.69, 9.17) is 11.6 Å². The number of rotatable bonds is 4. The second-order valence-corrected chi connectivity index (χ2v) is 6.27. The summed E-state index contributed by atoms with van der Waals surface area (Å²) in [6.07, 6.45) is 9.29. The van der Waals surface area contributed by atoms with Crippen molar-refractivity contribution in [3.8, 4) is 6.07 Å². The van der Waals surface area contributed by atoms with Crippen molar-refractivity contribution < 1.29 is 0 Å². The summed E-state index contributed by atoms with van der Waals surface area (Å²) in [6, 6.07) is 10.3. The largest absolute Gasteiger partial charge is 0.192 e. The predicted octanol–water partition coefficient (Wildman–Crippen LogP) is 6.64. The van der Waals surface area contributed by atoms with Crippen LogP contribution in [0.4, 0.5) is 0 Å². The minimum Gasteiger partial charge on any atom is -0.192 e. The fourth-order valence-electron chi connectivity index (χ4n) is 2.75. The predicted molar refractivity (Wildman–Crippen MR) is 99.1 cm³/mol. The third-order valence-corrected chi connectivity index (χ3v) is 4.43. The molecule has 1 aliphatic carbocycles. The summed E-state index contributed by atoms with van der Waals surface area (Å²) < 4.78 is 0. The van der Waals surface area contributed by atoms with E-state index >= 15 is 0 Å². The van der Waals surface area contributed by atoms with Gasteiger partial charge in [0.15, 0.2) is 0 Å². The summed E-state index contributed by atoms with van der Waals surface area (Å²) in [4.78, 5) is 0. The number of hydrogen-bond acceptors (Lipinski definition) is 1. The van der Waals surface area contributed by atoms with Crippen LogP contribution >= 0.6 is 11.6 Å². The first-order chi connectivity index (χ1) is 11.1. The summed E-state index contributed by atoms with van der Waals surface area (Å²) >= 11 is 6.14. The van der Waals surface area contributed by atoms with Gasteiger partial charge in [0, 0.05) is 5.02 Å². The second kappa shape index (κ2) is 7.99. The van der Waals surface area contributed by atoms with Crippen LogP contribution in [0.25, 0.3) is 5.57 Å². The summed E-state index contributed by atoms with van der Waals surface area (Å²) in [6.45, 7) is 6.29. The average molecular weight is 324 g/mol. The van der Waals surface area contributed by atoms with Crippen LogP contribution in [0.2, 0.25) is 5.02 Å². The van der Waals surface area contributed by atoms with E-state index in [0.29, 0.717) is 0 Å². The van der Waals surface area contributed by atoms with Crippen molar-refractivity contribution in [2.24, 2.45) is 0 Å². The van der Waals surface area contributed by atoms with Crippen molar-refractivity contribution in [1.29, 1.82) is 5.26 Å². The molecule has 0 atom stereocenters. The van der Waals surface area contributed by atoms with Crippen molar-refractivity contribution >= 4 is 17.2 Å². The van der Waals surface area contributed by atoms with Crippen LogP contribution in [-0.4, -0.2) is 0 Å². The lowest BCUT2D eigenvalue weighted by atomic mass is 9.86. The van der Waals surface area contributed by atoms with E-state index in [9.17, 15) is 5.26 Å². The summed E-state index contributed by atoms with van der Waals surface area (Å²) in [5.74, 6) is 0. The van der Waals surface area contributed by atoms with Gasteiger partial charge in [0.2, 0.25) is 0 Å². The highest BCUT2D eigenvalue weighted by Gasteiger charge is 2.14.